The Morgan fingerprint density at radius 1 is 1.40 bits per heavy atom. The molecule has 3 atom stereocenters. The molecule has 1 saturated heterocycles. The maximum absolute atomic E-state index is 11.0. The summed E-state index contributed by atoms with van der Waals surface area (Å²) >= 11 is 0. The molecule has 1 aliphatic rings. The maximum atomic E-state index is 11.0. The molecule has 0 bridgehead atoms. The molecular weight excluding hydrogens is 196 g/mol. The number of amides is 1. The average molecular weight is 216 g/mol. The Kier molecular flexibility index (Phi) is 3.93. The molecule has 5 nitrogen and oxygen atoms in total. The van der Waals surface area contributed by atoms with Crippen LogP contribution in [0.2, 0.25) is 0 Å². The molecule has 0 aliphatic carbocycles. The van der Waals surface area contributed by atoms with E-state index in [9.17, 15) is 4.79 Å². The van der Waals surface area contributed by atoms with Crippen LogP contribution in [0.25, 0.3) is 0 Å². The highest BCUT2D eigenvalue weighted by Crippen LogP contribution is 2.17. The highest BCUT2D eigenvalue weighted by Gasteiger charge is 2.34. The Morgan fingerprint density at radius 3 is 2.20 bits per heavy atom. The van der Waals surface area contributed by atoms with Crippen LogP contribution in [-0.4, -0.2) is 63.9 Å². The number of nitrogens with zero attached hydrogens (tertiary/aromatic N) is 2. The van der Waals surface area contributed by atoms with Gasteiger partial charge in [-0.05, 0) is 20.8 Å². The van der Waals surface area contributed by atoms with Crippen LogP contribution in [0.3, 0.4) is 0 Å². The fraction of sp³-hybridized carbons (Fsp3) is 0.900. The molecule has 0 saturated carbocycles. The average Bonchev–Trinajstić information content (AvgIpc) is 2.14. The van der Waals surface area contributed by atoms with Gasteiger partial charge < -0.3 is 15.1 Å². The normalized spacial score (nSPS) is 30.3. The first kappa shape index (κ1) is 12.3. The van der Waals surface area contributed by atoms with Gasteiger partial charge in [-0.2, -0.15) is 0 Å². The number of carbonyl (C=O) groups is 1. The molecule has 1 fully saturated rings. The molecule has 5 heteroatoms. The van der Waals surface area contributed by atoms with Gasteiger partial charge in [0.2, 0.25) is 0 Å². The Morgan fingerprint density at radius 2 is 1.87 bits per heavy atom. The molecule has 2 unspecified atom stereocenters. The molecule has 1 rings (SSSR count). The molecule has 1 heterocycles. The van der Waals surface area contributed by atoms with Crippen molar-refractivity contribution in [1.82, 2.24) is 9.80 Å². The number of aliphatic hydroxyl groups excluding tert-OH is 1. The fourth-order valence-corrected chi connectivity index (χ4v) is 2.22. The lowest BCUT2D eigenvalue weighted by Gasteiger charge is -2.44. The molecule has 88 valence electrons. The summed E-state index contributed by atoms with van der Waals surface area (Å²) in [4.78, 5) is 14.6. The van der Waals surface area contributed by atoms with Gasteiger partial charge in [0.15, 0.2) is 0 Å². The number of carboxylic acid groups (broad SMARTS) is 1. The molecule has 1 aliphatic heterocycles. The molecule has 15 heavy (non-hydrogen) atoms. The molecule has 2 N–H and O–H groups in total. The highest BCUT2D eigenvalue weighted by atomic mass is 16.4. The van der Waals surface area contributed by atoms with Crippen LogP contribution in [0.4, 0.5) is 4.79 Å². The smallest absolute Gasteiger partial charge is 0.407 e. The van der Waals surface area contributed by atoms with E-state index in [0.717, 1.165) is 0 Å². The van der Waals surface area contributed by atoms with Gasteiger partial charge in [-0.3, -0.25) is 4.90 Å². The third kappa shape index (κ3) is 2.60. The summed E-state index contributed by atoms with van der Waals surface area (Å²) in [5.41, 5.74) is 0. The first-order valence-corrected chi connectivity index (χ1v) is 5.33. The van der Waals surface area contributed by atoms with Crippen molar-refractivity contribution >= 4 is 6.09 Å². The molecule has 0 aromatic heterocycles. The van der Waals surface area contributed by atoms with Gasteiger partial charge in [0.1, 0.15) is 0 Å². The lowest BCUT2D eigenvalue weighted by molar-refractivity contribution is 0.0138. The second kappa shape index (κ2) is 4.81. The van der Waals surface area contributed by atoms with Gasteiger partial charge in [0, 0.05) is 31.2 Å². The monoisotopic (exact) mass is 216 g/mol. The van der Waals surface area contributed by atoms with Gasteiger partial charge in [-0.1, -0.05) is 0 Å². The lowest BCUT2D eigenvalue weighted by atomic mass is 10.1. The van der Waals surface area contributed by atoms with Crippen molar-refractivity contribution in [2.45, 2.75) is 38.9 Å². The minimum Gasteiger partial charge on any atom is -0.465 e. The van der Waals surface area contributed by atoms with Crippen LogP contribution in [0.15, 0.2) is 0 Å². The molecule has 0 aromatic carbocycles. The molecule has 0 spiro atoms. The summed E-state index contributed by atoms with van der Waals surface area (Å²) in [6.45, 7) is 7.26. The van der Waals surface area contributed by atoms with Gasteiger partial charge in [0.25, 0.3) is 0 Å². The summed E-state index contributed by atoms with van der Waals surface area (Å²) in [7, 11) is 0. The van der Waals surface area contributed by atoms with Crippen molar-refractivity contribution in [1.29, 1.82) is 0 Å². The topological polar surface area (TPSA) is 64.0 Å². The zero-order chi connectivity index (χ0) is 11.6. The minimum atomic E-state index is -0.855. The van der Waals surface area contributed by atoms with E-state index in [1.807, 2.05) is 20.8 Å². The van der Waals surface area contributed by atoms with E-state index in [1.165, 1.54) is 4.90 Å². The van der Waals surface area contributed by atoms with E-state index in [1.54, 1.807) is 0 Å². The van der Waals surface area contributed by atoms with E-state index in [-0.39, 0.29) is 24.7 Å². The fourth-order valence-electron chi connectivity index (χ4n) is 2.22. The zero-order valence-electron chi connectivity index (χ0n) is 9.55. The number of hydrogen-bond acceptors (Lipinski definition) is 3. The van der Waals surface area contributed by atoms with Gasteiger partial charge in [-0.25, -0.2) is 4.79 Å². The van der Waals surface area contributed by atoms with E-state index in [0.29, 0.717) is 13.1 Å². The standard InChI is InChI=1S/C10H20N2O3/c1-7-4-11(9(3)6-13)5-8(2)12(7)10(14)15/h7-9,13H,4-6H2,1-3H3,(H,14,15)/t7?,8?,9-/m0/s1. The van der Waals surface area contributed by atoms with Crippen molar-refractivity contribution in [3.8, 4) is 0 Å². The summed E-state index contributed by atoms with van der Waals surface area (Å²) in [6, 6.07) is 0.0753. The van der Waals surface area contributed by atoms with Gasteiger partial charge in [-0.15, -0.1) is 0 Å². The third-order valence-electron chi connectivity index (χ3n) is 3.06. The molecule has 1 amide bonds. The Bertz CT molecular complexity index is 223. The second-order valence-corrected chi connectivity index (χ2v) is 4.37. The van der Waals surface area contributed by atoms with E-state index >= 15 is 0 Å². The third-order valence-corrected chi connectivity index (χ3v) is 3.06. The van der Waals surface area contributed by atoms with Gasteiger partial charge >= 0.3 is 6.09 Å². The van der Waals surface area contributed by atoms with Crippen molar-refractivity contribution in [2.75, 3.05) is 19.7 Å². The Labute approximate surface area is 90.3 Å². The van der Waals surface area contributed by atoms with Gasteiger partial charge in [0.05, 0.1) is 6.61 Å². The second-order valence-electron chi connectivity index (χ2n) is 4.37. The first-order valence-electron chi connectivity index (χ1n) is 5.33. The first-order chi connectivity index (χ1) is 6.97. The Hall–Kier alpha value is -0.810. The summed E-state index contributed by atoms with van der Waals surface area (Å²) in [5, 5.41) is 18.1. The molecule has 0 aromatic rings. The largest absolute Gasteiger partial charge is 0.465 e. The van der Waals surface area contributed by atoms with Crippen LogP contribution < -0.4 is 0 Å². The van der Waals surface area contributed by atoms with Crippen LogP contribution in [0.5, 0.6) is 0 Å². The van der Waals surface area contributed by atoms with Crippen molar-refractivity contribution < 1.29 is 15.0 Å². The van der Waals surface area contributed by atoms with Crippen LogP contribution in [-0.2, 0) is 0 Å². The maximum Gasteiger partial charge on any atom is 0.407 e. The van der Waals surface area contributed by atoms with E-state index < -0.39 is 6.09 Å². The number of rotatable bonds is 2. The number of aliphatic hydroxyl groups is 1. The van der Waals surface area contributed by atoms with Crippen LogP contribution in [0, 0.1) is 0 Å². The summed E-state index contributed by atoms with van der Waals surface area (Å²) in [6.07, 6.45) is -0.855. The predicted molar refractivity (Wildman–Crippen MR) is 56.9 cm³/mol. The van der Waals surface area contributed by atoms with E-state index in [4.69, 9.17) is 10.2 Å². The zero-order valence-corrected chi connectivity index (χ0v) is 9.55. The van der Waals surface area contributed by atoms with E-state index in [2.05, 4.69) is 4.90 Å². The highest BCUT2D eigenvalue weighted by molar-refractivity contribution is 5.66. The summed E-state index contributed by atoms with van der Waals surface area (Å²) < 4.78 is 0. The van der Waals surface area contributed by atoms with Crippen molar-refractivity contribution in [2.24, 2.45) is 0 Å². The minimum absolute atomic E-state index is 0.0137. The van der Waals surface area contributed by atoms with Crippen molar-refractivity contribution in [3.05, 3.63) is 0 Å². The molecule has 0 radical (unpaired) electrons. The van der Waals surface area contributed by atoms with Crippen LogP contribution >= 0.6 is 0 Å². The predicted octanol–water partition coefficient (Wildman–Crippen LogP) is 0.440. The number of piperazine rings is 1. The number of hydrogen-bond donors (Lipinski definition) is 2. The Balaban J connectivity index is 2.66. The van der Waals surface area contributed by atoms with Crippen molar-refractivity contribution in [3.63, 3.8) is 0 Å². The SMILES string of the molecule is CC1CN([C@@H](C)CO)CC(C)N1C(=O)O. The molecular formula is C10H20N2O3. The summed E-state index contributed by atoms with van der Waals surface area (Å²) in [5.74, 6) is 0. The lowest BCUT2D eigenvalue weighted by Crippen LogP contribution is -2.60. The van der Waals surface area contributed by atoms with Crippen LogP contribution in [0.1, 0.15) is 20.8 Å². The quantitative estimate of drug-likeness (QED) is 0.703.